The topological polar surface area (TPSA) is 32.3 Å². The molecule has 1 heterocycles. The monoisotopic (exact) mass is 279 g/mol. The highest BCUT2D eigenvalue weighted by Crippen LogP contribution is 2.38. The standard InChI is InChI=1S/C16H25NOS/c18-14-9-7-13(8-10-14)17-16(12-4-1-2-5-12)15-6-3-11-19-15/h3,6,11-14,16-18H,1-2,4-5,7-10H2. The van der Waals surface area contributed by atoms with Gasteiger partial charge in [0, 0.05) is 17.0 Å². The lowest BCUT2D eigenvalue weighted by molar-refractivity contribution is 0.111. The van der Waals surface area contributed by atoms with Crippen molar-refractivity contribution in [3.63, 3.8) is 0 Å². The first-order valence-corrected chi connectivity index (χ1v) is 8.68. The summed E-state index contributed by atoms with van der Waals surface area (Å²) in [7, 11) is 0. The van der Waals surface area contributed by atoms with Crippen molar-refractivity contribution in [2.24, 2.45) is 5.92 Å². The Morgan fingerprint density at radius 2 is 1.84 bits per heavy atom. The third-order valence-electron chi connectivity index (χ3n) is 4.83. The number of hydrogen-bond donors (Lipinski definition) is 2. The average Bonchev–Trinajstić information content (AvgIpc) is 3.11. The van der Waals surface area contributed by atoms with E-state index in [1.165, 1.54) is 30.6 Å². The first-order valence-electron chi connectivity index (χ1n) is 7.80. The van der Waals surface area contributed by atoms with E-state index in [4.69, 9.17) is 0 Å². The third-order valence-corrected chi connectivity index (χ3v) is 5.79. The maximum Gasteiger partial charge on any atom is 0.0541 e. The summed E-state index contributed by atoms with van der Waals surface area (Å²) >= 11 is 1.90. The second kappa shape index (κ2) is 6.38. The van der Waals surface area contributed by atoms with Gasteiger partial charge in [-0.25, -0.2) is 0 Å². The molecule has 3 rings (SSSR count). The molecule has 2 fully saturated rings. The summed E-state index contributed by atoms with van der Waals surface area (Å²) in [6.45, 7) is 0. The first-order chi connectivity index (χ1) is 9.33. The molecule has 19 heavy (non-hydrogen) atoms. The zero-order chi connectivity index (χ0) is 13.1. The molecular weight excluding hydrogens is 254 g/mol. The van der Waals surface area contributed by atoms with Crippen LogP contribution in [0.2, 0.25) is 0 Å². The summed E-state index contributed by atoms with van der Waals surface area (Å²) in [5, 5.41) is 15.7. The molecule has 1 unspecified atom stereocenters. The molecule has 0 bridgehead atoms. The number of aliphatic hydroxyl groups excluding tert-OH is 1. The Hall–Kier alpha value is -0.380. The van der Waals surface area contributed by atoms with E-state index >= 15 is 0 Å². The lowest BCUT2D eigenvalue weighted by Gasteiger charge is -2.32. The van der Waals surface area contributed by atoms with Crippen molar-refractivity contribution in [1.29, 1.82) is 0 Å². The highest BCUT2D eigenvalue weighted by atomic mass is 32.1. The Morgan fingerprint density at radius 3 is 2.47 bits per heavy atom. The Labute approximate surface area is 120 Å². The van der Waals surface area contributed by atoms with Gasteiger partial charge in [-0.05, 0) is 55.9 Å². The molecule has 0 radical (unpaired) electrons. The SMILES string of the molecule is OC1CCC(NC(c2cccs2)C2CCCC2)CC1. The van der Waals surface area contributed by atoms with Gasteiger partial charge in [-0.3, -0.25) is 0 Å². The summed E-state index contributed by atoms with van der Waals surface area (Å²) in [6.07, 6.45) is 9.72. The van der Waals surface area contributed by atoms with Gasteiger partial charge in [0.05, 0.1) is 6.10 Å². The molecule has 3 heteroatoms. The summed E-state index contributed by atoms with van der Waals surface area (Å²) in [5.41, 5.74) is 0. The zero-order valence-corrected chi connectivity index (χ0v) is 12.4. The van der Waals surface area contributed by atoms with E-state index in [1.807, 2.05) is 11.3 Å². The van der Waals surface area contributed by atoms with Gasteiger partial charge < -0.3 is 10.4 Å². The molecule has 2 saturated carbocycles. The predicted molar refractivity (Wildman–Crippen MR) is 80.4 cm³/mol. The third kappa shape index (κ3) is 3.39. The van der Waals surface area contributed by atoms with E-state index in [9.17, 15) is 5.11 Å². The molecule has 0 spiro atoms. The molecule has 1 atom stereocenters. The van der Waals surface area contributed by atoms with E-state index in [2.05, 4.69) is 22.8 Å². The van der Waals surface area contributed by atoms with E-state index in [-0.39, 0.29) is 6.10 Å². The quantitative estimate of drug-likeness (QED) is 0.877. The van der Waals surface area contributed by atoms with Gasteiger partial charge in [0.1, 0.15) is 0 Å². The van der Waals surface area contributed by atoms with Crippen molar-refractivity contribution >= 4 is 11.3 Å². The maximum absolute atomic E-state index is 9.63. The minimum atomic E-state index is -0.0512. The molecule has 2 aliphatic carbocycles. The van der Waals surface area contributed by atoms with Crippen LogP contribution in [0.25, 0.3) is 0 Å². The predicted octanol–water partition coefficient (Wildman–Crippen LogP) is 3.87. The van der Waals surface area contributed by atoms with E-state index in [0.29, 0.717) is 12.1 Å². The van der Waals surface area contributed by atoms with Crippen LogP contribution in [0, 0.1) is 5.92 Å². The molecule has 1 aromatic heterocycles. The fourth-order valence-electron chi connectivity index (χ4n) is 3.71. The maximum atomic E-state index is 9.63. The number of hydrogen-bond acceptors (Lipinski definition) is 3. The van der Waals surface area contributed by atoms with E-state index in [0.717, 1.165) is 31.6 Å². The molecule has 0 amide bonds. The van der Waals surface area contributed by atoms with Crippen LogP contribution in [0.15, 0.2) is 17.5 Å². The van der Waals surface area contributed by atoms with Crippen LogP contribution in [0.1, 0.15) is 62.3 Å². The van der Waals surface area contributed by atoms with Crippen molar-refractivity contribution in [3.8, 4) is 0 Å². The lowest BCUT2D eigenvalue weighted by atomic mass is 9.90. The molecule has 0 aliphatic heterocycles. The van der Waals surface area contributed by atoms with E-state index < -0.39 is 0 Å². The Kier molecular flexibility index (Phi) is 4.57. The molecule has 0 aromatic carbocycles. The van der Waals surface area contributed by atoms with Crippen molar-refractivity contribution in [1.82, 2.24) is 5.32 Å². The number of thiophene rings is 1. The molecule has 1 aromatic rings. The van der Waals surface area contributed by atoms with Gasteiger partial charge in [-0.2, -0.15) is 0 Å². The highest BCUT2D eigenvalue weighted by Gasteiger charge is 2.30. The van der Waals surface area contributed by atoms with E-state index in [1.54, 1.807) is 0 Å². The Morgan fingerprint density at radius 1 is 1.11 bits per heavy atom. The van der Waals surface area contributed by atoms with Gasteiger partial charge in [0.2, 0.25) is 0 Å². The second-order valence-electron chi connectivity index (χ2n) is 6.21. The summed E-state index contributed by atoms with van der Waals surface area (Å²) in [4.78, 5) is 1.51. The zero-order valence-electron chi connectivity index (χ0n) is 11.6. The molecule has 106 valence electrons. The number of rotatable bonds is 4. The van der Waals surface area contributed by atoms with Crippen molar-refractivity contribution in [2.75, 3.05) is 0 Å². The molecular formula is C16H25NOS. The fraction of sp³-hybridized carbons (Fsp3) is 0.750. The van der Waals surface area contributed by atoms with Crippen LogP contribution >= 0.6 is 11.3 Å². The van der Waals surface area contributed by atoms with Crippen LogP contribution in [0.5, 0.6) is 0 Å². The Bertz CT molecular complexity index is 364. The molecule has 2 aliphatic rings. The van der Waals surface area contributed by atoms with Gasteiger partial charge in [-0.1, -0.05) is 18.9 Å². The van der Waals surface area contributed by atoms with Gasteiger partial charge in [0.15, 0.2) is 0 Å². The normalized spacial score (nSPS) is 30.6. The largest absolute Gasteiger partial charge is 0.393 e. The van der Waals surface area contributed by atoms with Gasteiger partial charge >= 0.3 is 0 Å². The fourth-order valence-corrected chi connectivity index (χ4v) is 4.58. The van der Waals surface area contributed by atoms with Crippen molar-refractivity contribution < 1.29 is 5.11 Å². The smallest absolute Gasteiger partial charge is 0.0541 e. The molecule has 2 N–H and O–H groups in total. The minimum Gasteiger partial charge on any atom is -0.393 e. The lowest BCUT2D eigenvalue weighted by Crippen LogP contribution is -2.39. The summed E-state index contributed by atoms with van der Waals surface area (Å²) in [6, 6.07) is 5.63. The highest BCUT2D eigenvalue weighted by molar-refractivity contribution is 7.10. The molecule has 0 saturated heterocycles. The van der Waals surface area contributed by atoms with Crippen LogP contribution in [0.3, 0.4) is 0 Å². The van der Waals surface area contributed by atoms with Crippen molar-refractivity contribution in [2.45, 2.75) is 69.6 Å². The van der Waals surface area contributed by atoms with Crippen LogP contribution in [-0.2, 0) is 0 Å². The van der Waals surface area contributed by atoms with Crippen LogP contribution < -0.4 is 5.32 Å². The number of nitrogens with one attached hydrogen (secondary N) is 1. The number of aliphatic hydroxyl groups is 1. The minimum absolute atomic E-state index is 0.0512. The summed E-state index contributed by atoms with van der Waals surface area (Å²) < 4.78 is 0. The molecule has 2 nitrogen and oxygen atoms in total. The van der Waals surface area contributed by atoms with Gasteiger partial charge in [0.25, 0.3) is 0 Å². The first kappa shape index (κ1) is 13.6. The Balaban J connectivity index is 1.65. The summed E-state index contributed by atoms with van der Waals surface area (Å²) in [5.74, 6) is 0.825. The van der Waals surface area contributed by atoms with Crippen LogP contribution in [-0.4, -0.2) is 17.3 Å². The average molecular weight is 279 g/mol. The van der Waals surface area contributed by atoms with Gasteiger partial charge in [-0.15, -0.1) is 11.3 Å². The van der Waals surface area contributed by atoms with Crippen molar-refractivity contribution in [3.05, 3.63) is 22.4 Å². The second-order valence-corrected chi connectivity index (χ2v) is 7.19. The van der Waals surface area contributed by atoms with Crippen LogP contribution in [0.4, 0.5) is 0 Å².